The Balaban J connectivity index is 1.58. The molecule has 0 radical (unpaired) electrons. The van der Waals surface area contributed by atoms with Crippen LogP contribution in [-0.4, -0.2) is 21.4 Å². The minimum atomic E-state index is -1.19. The number of rotatable bonds is 3. The van der Waals surface area contributed by atoms with Crippen molar-refractivity contribution in [1.29, 1.82) is 0 Å². The van der Waals surface area contributed by atoms with Gasteiger partial charge in [-0.25, -0.2) is 18.2 Å². The number of benzene rings is 1. The highest BCUT2D eigenvalue weighted by molar-refractivity contribution is 5.24. The lowest BCUT2D eigenvalue weighted by atomic mass is 10.0. The molecule has 24 heavy (non-hydrogen) atoms. The first-order valence-electron chi connectivity index (χ1n) is 7.99. The average Bonchev–Trinajstić information content (AvgIpc) is 3.37. The highest BCUT2D eigenvalue weighted by atomic mass is 19.2. The van der Waals surface area contributed by atoms with Crippen LogP contribution in [0.1, 0.15) is 41.4 Å². The van der Waals surface area contributed by atoms with Crippen LogP contribution in [0.5, 0.6) is 0 Å². The lowest BCUT2D eigenvalue weighted by Gasteiger charge is -2.27. The molecule has 1 aromatic heterocycles. The molecular weight excluding hydrogens is 319 g/mol. The topological polar surface area (TPSA) is 49.0 Å². The van der Waals surface area contributed by atoms with Gasteiger partial charge in [0.25, 0.3) is 5.56 Å². The van der Waals surface area contributed by atoms with E-state index in [4.69, 9.17) is 0 Å². The summed E-state index contributed by atoms with van der Waals surface area (Å²) in [7, 11) is 0. The molecule has 1 fully saturated rings. The second kappa shape index (κ2) is 5.73. The number of nitrogens with zero attached hydrogens (tertiary/aromatic N) is 2. The van der Waals surface area contributed by atoms with Crippen molar-refractivity contribution in [2.24, 2.45) is 0 Å². The molecule has 1 aliphatic carbocycles. The van der Waals surface area contributed by atoms with Crippen LogP contribution in [0.15, 0.2) is 16.9 Å². The fourth-order valence-electron chi connectivity index (χ4n) is 3.12. The van der Waals surface area contributed by atoms with E-state index < -0.39 is 17.5 Å². The first-order valence-corrected chi connectivity index (χ1v) is 7.99. The van der Waals surface area contributed by atoms with E-state index in [-0.39, 0.29) is 17.7 Å². The summed E-state index contributed by atoms with van der Waals surface area (Å²) in [5.41, 5.74) is 1.38. The molecule has 4 nitrogen and oxygen atoms in total. The summed E-state index contributed by atoms with van der Waals surface area (Å²) >= 11 is 0. The van der Waals surface area contributed by atoms with Gasteiger partial charge < -0.3 is 4.98 Å². The van der Waals surface area contributed by atoms with E-state index in [1.807, 2.05) is 4.90 Å². The van der Waals surface area contributed by atoms with Crippen molar-refractivity contribution >= 4 is 0 Å². The smallest absolute Gasteiger partial charge is 0.254 e. The van der Waals surface area contributed by atoms with Crippen LogP contribution in [0.4, 0.5) is 13.2 Å². The summed E-state index contributed by atoms with van der Waals surface area (Å²) in [5.74, 6) is -1.96. The molecule has 7 heteroatoms. The van der Waals surface area contributed by atoms with Gasteiger partial charge in [0.1, 0.15) is 11.6 Å². The molecule has 1 saturated carbocycles. The number of nitrogens with one attached hydrogen (secondary N) is 1. The molecule has 0 saturated heterocycles. The largest absolute Gasteiger partial charge is 0.310 e. The summed E-state index contributed by atoms with van der Waals surface area (Å²) in [6.45, 7) is 1.09. The van der Waals surface area contributed by atoms with Crippen molar-refractivity contribution in [1.82, 2.24) is 14.9 Å². The molecule has 2 aromatic rings. The second-order valence-corrected chi connectivity index (χ2v) is 6.47. The molecule has 0 atom stereocenters. The van der Waals surface area contributed by atoms with E-state index in [0.29, 0.717) is 42.8 Å². The predicted molar refractivity (Wildman–Crippen MR) is 81.0 cm³/mol. The van der Waals surface area contributed by atoms with Crippen molar-refractivity contribution in [3.63, 3.8) is 0 Å². The summed E-state index contributed by atoms with van der Waals surface area (Å²) in [4.78, 5) is 21.4. The van der Waals surface area contributed by atoms with Gasteiger partial charge in [0, 0.05) is 42.7 Å². The van der Waals surface area contributed by atoms with Crippen LogP contribution in [0.25, 0.3) is 0 Å². The van der Waals surface area contributed by atoms with Gasteiger partial charge in [-0.3, -0.25) is 9.69 Å². The Morgan fingerprint density at radius 3 is 2.67 bits per heavy atom. The predicted octanol–water partition coefficient (Wildman–Crippen LogP) is 2.62. The lowest BCUT2D eigenvalue weighted by Crippen LogP contribution is -2.35. The number of hydrogen-bond donors (Lipinski definition) is 1. The van der Waals surface area contributed by atoms with Gasteiger partial charge in [0.2, 0.25) is 0 Å². The van der Waals surface area contributed by atoms with Crippen molar-refractivity contribution in [2.75, 3.05) is 6.54 Å². The Labute approximate surface area is 136 Å². The third-order valence-electron chi connectivity index (χ3n) is 4.62. The third-order valence-corrected chi connectivity index (χ3v) is 4.62. The van der Waals surface area contributed by atoms with Crippen molar-refractivity contribution in [3.8, 4) is 0 Å². The Kier molecular flexibility index (Phi) is 3.68. The number of H-pyrrole nitrogens is 1. The zero-order valence-corrected chi connectivity index (χ0v) is 12.9. The highest BCUT2D eigenvalue weighted by Crippen LogP contribution is 2.37. The van der Waals surface area contributed by atoms with Crippen molar-refractivity contribution in [2.45, 2.75) is 38.3 Å². The number of fused-ring (bicyclic) bond motifs is 1. The fraction of sp³-hybridized carbons (Fsp3) is 0.412. The molecule has 0 spiro atoms. The maximum Gasteiger partial charge on any atom is 0.254 e. The van der Waals surface area contributed by atoms with Crippen LogP contribution in [-0.2, 0) is 19.5 Å². The minimum Gasteiger partial charge on any atom is -0.310 e. The maximum atomic E-state index is 13.8. The molecule has 126 valence electrons. The maximum absolute atomic E-state index is 13.8. The van der Waals surface area contributed by atoms with Crippen molar-refractivity contribution in [3.05, 3.63) is 62.6 Å². The normalized spacial score (nSPS) is 17.8. The number of aromatic amines is 1. The van der Waals surface area contributed by atoms with Gasteiger partial charge in [-0.1, -0.05) is 0 Å². The fourth-order valence-corrected chi connectivity index (χ4v) is 3.12. The van der Waals surface area contributed by atoms with Crippen LogP contribution >= 0.6 is 0 Å². The average molecular weight is 335 g/mol. The summed E-state index contributed by atoms with van der Waals surface area (Å²) in [6.07, 6.45) is 2.57. The molecule has 0 unspecified atom stereocenters. The molecule has 0 bridgehead atoms. The van der Waals surface area contributed by atoms with Gasteiger partial charge in [0.05, 0.1) is 5.69 Å². The second-order valence-electron chi connectivity index (χ2n) is 6.47. The molecule has 1 N–H and O–H groups in total. The van der Waals surface area contributed by atoms with Gasteiger partial charge in [-0.15, -0.1) is 0 Å². The zero-order chi connectivity index (χ0) is 16.8. The number of aromatic nitrogens is 2. The standard InChI is InChI=1S/C17H16F3N3O/c18-12-6-14(20)13(19)5-10(12)7-23-4-3-11-15(8-23)21-16(9-1-2-9)22-17(11)24/h5-6,9H,1-4,7-8H2,(H,21,22,24). The van der Waals surface area contributed by atoms with Crippen LogP contribution in [0.2, 0.25) is 0 Å². The van der Waals surface area contributed by atoms with E-state index in [9.17, 15) is 18.0 Å². The Hall–Kier alpha value is -2.15. The van der Waals surface area contributed by atoms with Gasteiger partial charge in [-0.2, -0.15) is 0 Å². The summed E-state index contributed by atoms with van der Waals surface area (Å²) in [6, 6.07) is 1.46. The van der Waals surface area contributed by atoms with Crippen LogP contribution in [0.3, 0.4) is 0 Å². The molecule has 2 aliphatic rings. The van der Waals surface area contributed by atoms with Crippen LogP contribution < -0.4 is 5.56 Å². The quantitative estimate of drug-likeness (QED) is 0.877. The SMILES string of the molecule is O=c1[nH]c(C2CC2)nc2c1CCN(Cc1cc(F)c(F)cc1F)C2. The van der Waals surface area contributed by atoms with E-state index in [1.165, 1.54) is 0 Å². The van der Waals surface area contributed by atoms with Crippen molar-refractivity contribution < 1.29 is 13.2 Å². The Bertz CT molecular complexity index is 861. The zero-order valence-electron chi connectivity index (χ0n) is 12.9. The monoisotopic (exact) mass is 335 g/mol. The molecule has 0 amide bonds. The summed E-state index contributed by atoms with van der Waals surface area (Å²) in [5, 5.41) is 0. The van der Waals surface area contributed by atoms with Crippen LogP contribution in [0, 0.1) is 17.5 Å². The molecule has 1 aromatic carbocycles. The first kappa shape index (κ1) is 15.4. The molecule has 4 rings (SSSR count). The van der Waals surface area contributed by atoms with E-state index in [2.05, 4.69) is 9.97 Å². The van der Waals surface area contributed by atoms with E-state index >= 15 is 0 Å². The molecule has 2 heterocycles. The molecular formula is C17H16F3N3O. The molecule has 1 aliphatic heterocycles. The number of halogens is 3. The van der Waals surface area contributed by atoms with E-state index in [1.54, 1.807) is 0 Å². The third kappa shape index (κ3) is 2.84. The van der Waals surface area contributed by atoms with Gasteiger partial charge in [-0.05, 0) is 25.3 Å². The Morgan fingerprint density at radius 1 is 1.17 bits per heavy atom. The summed E-state index contributed by atoms with van der Waals surface area (Å²) < 4.78 is 40.2. The van der Waals surface area contributed by atoms with E-state index in [0.717, 1.165) is 24.7 Å². The lowest BCUT2D eigenvalue weighted by molar-refractivity contribution is 0.236. The van der Waals surface area contributed by atoms with Gasteiger partial charge >= 0.3 is 0 Å². The first-order chi connectivity index (χ1) is 11.5. The number of hydrogen-bond acceptors (Lipinski definition) is 3. The van der Waals surface area contributed by atoms with Gasteiger partial charge in [0.15, 0.2) is 11.6 Å². The minimum absolute atomic E-state index is 0.0967. The highest BCUT2D eigenvalue weighted by Gasteiger charge is 2.29. The Morgan fingerprint density at radius 2 is 1.92 bits per heavy atom.